The van der Waals surface area contributed by atoms with Crippen LogP contribution >= 0.6 is 0 Å². The molecule has 1 saturated heterocycles. The lowest BCUT2D eigenvalue weighted by Crippen LogP contribution is -2.22. The van der Waals surface area contributed by atoms with Gasteiger partial charge in [0.1, 0.15) is 0 Å². The van der Waals surface area contributed by atoms with Crippen molar-refractivity contribution in [3.63, 3.8) is 0 Å². The fraction of sp³-hybridized carbons (Fsp3) is 0.391. The topological polar surface area (TPSA) is 105 Å². The maximum atomic E-state index is 13.6. The number of rotatable bonds is 7. The molecule has 0 aliphatic carbocycles. The number of carbonyl (C=O) groups is 1. The predicted octanol–water partition coefficient (Wildman–Crippen LogP) is 2.30. The van der Waals surface area contributed by atoms with Crippen molar-refractivity contribution in [2.45, 2.75) is 23.8 Å². The Balaban J connectivity index is 0.000000968. The van der Waals surface area contributed by atoms with Gasteiger partial charge in [-0.2, -0.15) is 0 Å². The predicted molar refractivity (Wildman–Crippen MR) is 127 cm³/mol. The Kier molecular flexibility index (Phi) is 8.06. The molecule has 33 heavy (non-hydrogen) atoms. The maximum absolute atomic E-state index is 13.6. The van der Waals surface area contributed by atoms with Crippen molar-refractivity contribution in [3.05, 3.63) is 54.4 Å². The Morgan fingerprint density at radius 1 is 1.27 bits per heavy atom. The molecule has 0 radical (unpaired) electrons. The minimum absolute atomic E-state index is 0.184. The lowest BCUT2D eigenvalue weighted by Gasteiger charge is -2.19. The fourth-order valence-corrected chi connectivity index (χ4v) is 5.35. The first kappa shape index (κ1) is 24.7. The van der Waals surface area contributed by atoms with Crippen LogP contribution in [0.2, 0.25) is 0 Å². The summed E-state index contributed by atoms with van der Waals surface area (Å²) in [6.07, 6.45) is 5.29. The van der Waals surface area contributed by atoms with Crippen molar-refractivity contribution in [3.8, 4) is 0 Å². The zero-order valence-corrected chi connectivity index (χ0v) is 19.9. The third-order valence-electron chi connectivity index (χ3n) is 5.65. The summed E-state index contributed by atoms with van der Waals surface area (Å²) in [7, 11) is 1.97. The molecule has 1 aliphatic rings. The SMILES string of the molecule is COC1CCN(c2cccc(S(=O)(=O)n3cc(CCN(C)C)c4ncccc43)c2)C1.O=CO. The molecule has 1 atom stereocenters. The summed E-state index contributed by atoms with van der Waals surface area (Å²) in [6.45, 7) is 2.19. The van der Waals surface area contributed by atoms with E-state index >= 15 is 0 Å². The molecule has 178 valence electrons. The lowest BCUT2D eigenvalue weighted by molar-refractivity contribution is -0.122. The van der Waals surface area contributed by atoms with Gasteiger partial charge in [-0.05, 0) is 62.8 Å². The van der Waals surface area contributed by atoms with Crippen LogP contribution in [0.25, 0.3) is 11.0 Å². The van der Waals surface area contributed by atoms with Gasteiger partial charge < -0.3 is 19.6 Å². The highest BCUT2D eigenvalue weighted by molar-refractivity contribution is 7.90. The molecule has 1 unspecified atom stereocenters. The van der Waals surface area contributed by atoms with Crippen LogP contribution in [-0.4, -0.2) is 80.8 Å². The summed E-state index contributed by atoms with van der Waals surface area (Å²) < 4.78 is 34.0. The van der Waals surface area contributed by atoms with E-state index in [4.69, 9.17) is 14.6 Å². The van der Waals surface area contributed by atoms with Gasteiger partial charge in [-0.1, -0.05) is 6.07 Å². The Bertz CT molecular complexity index is 1190. The number of carboxylic acid groups (broad SMARTS) is 1. The molecule has 1 aromatic carbocycles. The molecule has 9 nitrogen and oxygen atoms in total. The third-order valence-corrected chi connectivity index (χ3v) is 7.32. The van der Waals surface area contributed by atoms with Crippen LogP contribution in [-0.2, 0) is 26.0 Å². The van der Waals surface area contributed by atoms with Gasteiger partial charge in [0.05, 0.1) is 22.0 Å². The van der Waals surface area contributed by atoms with Crippen molar-refractivity contribution >= 4 is 33.2 Å². The number of anilines is 1. The zero-order valence-electron chi connectivity index (χ0n) is 19.1. The maximum Gasteiger partial charge on any atom is 0.290 e. The standard InChI is InChI=1S/C22H28N4O3S.CH2O2/c1-24(2)12-9-17-15-26(21-8-5-11-23-22(17)21)30(27,28)20-7-4-6-18(14-20)25-13-10-19(16-25)29-3;2-1-3/h4-8,11,14-15,19H,9-10,12-13,16H2,1-3H3;1H,(H,2,3). The fourth-order valence-electron chi connectivity index (χ4n) is 3.93. The molecule has 0 spiro atoms. The zero-order chi connectivity index (χ0) is 24.0. The first-order valence-corrected chi connectivity index (χ1v) is 12.1. The van der Waals surface area contributed by atoms with Gasteiger partial charge in [-0.3, -0.25) is 9.78 Å². The number of aromatic nitrogens is 2. The van der Waals surface area contributed by atoms with E-state index in [0.29, 0.717) is 5.52 Å². The molecule has 3 heterocycles. The highest BCUT2D eigenvalue weighted by atomic mass is 32.2. The van der Waals surface area contributed by atoms with Crippen LogP contribution in [0.4, 0.5) is 5.69 Å². The largest absolute Gasteiger partial charge is 0.483 e. The van der Waals surface area contributed by atoms with E-state index in [1.165, 1.54) is 3.97 Å². The van der Waals surface area contributed by atoms with Gasteiger partial charge in [-0.25, -0.2) is 12.4 Å². The number of hydrogen-bond acceptors (Lipinski definition) is 7. The number of hydrogen-bond donors (Lipinski definition) is 1. The number of fused-ring (bicyclic) bond motifs is 1. The van der Waals surface area contributed by atoms with E-state index in [-0.39, 0.29) is 17.5 Å². The minimum Gasteiger partial charge on any atom is -0.483 e. The molecule has 0 bridgehead atoms. The summed E-state index contributed by atoms with van der Waals surface area (Å²) in [5.74, 6) is 0. The van der Waals surface area contributed by atoms with Crippen LogP contribution in [0.3, 0.4) is 0 Å². The lowest BCUT2D eigenvalue weighted by atomic mass is 10.2. The molecule has 10 heteroatoms. The van der Waals surface area contributed by atoms with Crippen molar-refractivity contribution in [1.82, 2.24) is 13.9 Å². The highest BCUT2D eigenvalue weighted by Gasteiger charge is 2.25. The number of likely N-dealkylation sites (N-methyl/N-ethyl adjacent to an activating group) is 1. The number of benzene rings is 1. The molecule has 0 saturated carbocycles. The number of pyridine rings is 1. The summed E-state index contributed by atoms with van der Waals surface area (Å²) in [6, 6.07) is 10.8. The molecule has 1 aliphatic heterocycles. The van der Waals surface area contributed by atoms with E-state index in [1.54, 1.807) is 43.8 Å². The van der Waals surface area contributed by atoms with Crippen molar-refractivity contribution in [2.75, 3.05) is 45.7 Å². The summed E-state index contributed by atoms with van der Waals surface area (Å²) in [5.41, 5.74) is 3.18. The average Bonchev–Trinajstić information content (AvgIpc) is 3.44. The molecule has 2 aromatic heterocycles. The molecule has 0 amide bonds. The second-order valence-electron chi connectivity index (χ2n) is 8.07. The Labute approximate surface area is 194 Å². The second-order valence-corrected chi connectivity index (χ2v) is 9.89. The van der Waals surface area contributed by atoms with Crippen LogP contribution in [0, 0.1) is 0 Å². The Hall–Kier alpha value is -2.95. The molecule has 1 N–H and O–H groups in total. The molecular weight excluding hydrogens is 444 g/mol. The quantitative estimate of drug-likeness (QED) is 0.520. The molecule has 1 fully saturated rings. The van der Waals surface area contributed by atoms with Crippen molar-refractivity contribution < 1.29 is 23.1 Å². The summed E-state index contributed by atoms with van der Waals surface area (Å²) >= 11 is 0. The van der Waals surface area contributed by atoms with E-state index < -0.39 is 10.0 Å². The second kappa shape index (κ2) is 10.8. The van der Waals surface area contributed by atoms with E-state index in [2.05, 4.69) is 14.8 Å². The van der Waals surface area contributed by atoms with Crippen LogP contribution in [0.15, 0.2) is 53.7 Å². The number of ether oxygens (including phenoxy) is 1. The van der Waals surface area contributed by atoms with E-state index in [1.807, 2.05) is 26.2 Å². The van der Waals surface area contributed by atoms with Gasteiger partial charge >= 0.3 is 0 Å². The smallest absolute Gasteiger partial charge is 0.290 e. The van der Waals surface area contributed by atoms with Gasteiger partial charge in [-0.15, -0.1) is 0 Å². The highest BCUT2D eigenvalue weighted by Crippen LogP contribution is 2.28. The van der Waals surface area contributed by atoms with Gasteiger partial charge in [0, 0.05) is 44.8 Å². The van der Waals surface area contributed by atoms with Crippen LogP contribution in [0.1, 0.15) is 12.0 Å². The van der Waals surface area contributed by atoms with Crippen LogP contribution in [0.5, 0.6) is 0 Å². The van der Waals surface area contributed by atoms with Gasteiger partial charge in [0.2, 0.25) is 0 Å². The van der Waals surface area contributed by atoms with E-state index in [9.17, 15) is 8.42 Å². The van der Waals surface area contributed by atoms with Gasteiger partial charge in [0.25, 0.3) is 16.5 Å². The molecular formula is C23H30N4O5S. The minimum atomic E-state index is -3.75. The normalized spacial score (nSPS) is 16.1. The van der Waals surface area contributed by atoms with Gasteiger partial charge in [0.15, 0.2) is 0 Å². The third kappa shape index (κ3) is 5.52. The number of methoxy groups -OCH3 is 1. The summed E-state index contributed by atoms with van der Waals surface area (Å²) in [5, 5.41) is 6.89. The van der Waals surface area contributed by atoms with Crippen molar-refractivity contribution in [1.29, 1.82) is 0 Å². The summed E-state index contributed by atoms with van der Waals surface area (Å²) in [4.78, 5) is 17.3. The Morgan fingerprint density at radius 3 is 2.70 bits per heavy atom. The van der Waals surface area contributed by atoms with E-state index in [0.717, 1.165) is 49.2 Å². The molecule has 4 rings (SSSR count). The monoisotopic (exact) mass is 474 g/mol. The first-order chi connectivity index (χ1) is 15.8. The number of nitrogens with zero attached hydrogens (tertiary/aromatic N) is 4. The van der Waals surface area contributed by atoms with Crippen LogP contribution < -0.4 is 4.90 Å². The average molecular weight is 475 g/mol. The Morgan fingerprint density at radius 2 is 2.03 bits per heavy atom. The first-order valence-electron chi connectivity index (χ1n) is 10.6. The van der Waals surface area contributed by atoms with Crippen molar-refractivity contribution in [2.24, 2.45) is 0 Å². The molecule has 3 aromatic rings.